The Hall–Kier alpha value is -0.290. The summed E-state index contributed by atoms with van der Waals surface area (Å²) in [5.74, 6) is 0.0361. The summed E-state index contributed by atoms with van der Waals surface area (Å²) in [5, 5.41) is 3.14. The van der Waals surface area contributed by atoms with Crippen molar-refractivity contribution in [1.29, 1.82) is 0 Å². The van der Waals surface area contributed by atoms with E-state index in [0.717, 1.165) is 32.2 Å². The Labute approximate surface area is 132 Å². The van der Waals surface area contributed by atoms with Gasteiger partial charge in [-0.05, 0) is 31.9 Å². The summed E-state index contributed by atoms with van der Waals surface area (Å²) in [5.41, 5.74) is 5.28. The Kier molecular flexibility index (Phi) is 6.79. The van der Waals surface area contributed by atoms with Gasteiger partial charge < -0.3 is 11.1 Å². The summed E-state index contributed by atoms with van der Waals surface area (Å²) in [4.78, 5) is 13.1. The summed E-state index contributed by atoms with van der Waals surface area (Å²) in [6, 6.07) is 0. The van der Waals surface area contributed by atoms with Gasteiger partial charge in [0, 0.05) is 11.3 Å². The molecule has 20 heavy (non-hydrogen) atoms. The minimum Gasteiger partial charge on any atom is -0.392 e. The molecule has 0 unspecified atom stereocenters. The van der Waals surface area contributed by atoms with Gasteiger partial charge in [0.15, 0.2) is 0 Å². The Morgan fingerprint density at radius 1 is 1.35 bits per heavy atom. The van der Waals surface area contributed by atoms with Crippen molar-refractivity contribution in [3.05, 3.63) is 0 Å². The number of thioether (sulfide) groups is 1. The second kappa shape index (κ2) is 7.64. The number of nitrogens with one attached hydrogen (secondary N) is 1. The fraction of sp³-hybridized carbons (Fsp3) is 0.867. The van der Waals surface area contributed by atoms with E-state index < -0.39 is 5.41 Å². The minimum absolute atomic E-state index is 0.0361. The van der Waals surface area contributed by atoms with Crippen molar-refractivity contribution in [3.8, 4) is 0 Å². The summed E-state index contributed by atoms with van der Waals surface area (Å²) in [7, 11) is 0. The van der Waals surface area contributed by atoms with Gasteiger partial charge in [-0.3, -0.25) is 4.79 Å². The lowest BCUT2D eigenvalue weighted by Crippen LogP contribution is -2.53. The predicted octanol–water partition coefficient (Wildman–Crippen LogP) is 3.26. The molecule has 1 rings (SSSR count). The first-order chi connectivity index (χ1) is 9.46. The molecule has 1 saturated carbocycles. The average Bonchev–Trinajstić information content (AvgIpc) is 2.37. The maximum atomic E-state index is 12.7. The normalized spacial score (nSPS) is 17.4. The number of nitrogens with two attached hydrogens (primary N) is 1. The van der Waals surface area contributed by atoms with Crippen LogP contribution < -0.4 is 11.1 Å². The van der Waals surface area contributed by atoms with Crippen LogP contribution in [-0.2, 0) is 4.79 Å². The van der Waals surface area contributed by atoms with E-state index in [2.05, 4.69) is 25.4 Å². The van der Waals surface area contributed by atoms with Crippen LogP contribution in [0.1, 0.15) is 58.8 Å². The van der Waals surface area contributed by atoms with Crippen molar-refractivity contribution in [2.24, 2.45) is 11.1 Å². The van der Waals surface area contributed by atoms with Gasteiger partial charge in [-0.2, -0.15) is 11.8 Å². The fourth-order valence-corrected chi connectivity index (χ4v) is 4.21. The molecule has 0 aromatic rings. The third-order valence-electron chi connectivity index (χ3n) is 4.53. The summed E-state index contributed by atoms with van der Waals surface area (Å²) in [6.07, 6.45) is 9.09. The maximum Gasteiger partial charge on any atom is 0.233 e. The molecule has 0 aliphatic heterocycles. The van der Waals surface area contributed by atoms with Crippen molar-refractivity contribution in [3.63, 3.8) is 0 Å². The highest BCUT2D eigenvalue weighted by Gasteiger charge is 2.42. The second-order valence-corrected chi connectivity index (χ2v) is 7.58. The number of rotatable bonds is 9. The third-order valence-corrected chi connectivity index (χ3v) is 6.34. The summed E-state index contributed by atoms with van der Waals surface area (Å²) >= 11 is 7.09. The van der Waals surface area contributed by atoms with Crippen molar-refractivity contribution in [1.82, 2.24) is 5.32 Å². The molecule has 5 heteroatoms. The molecule has 0 aromatic heterocycles. The Morgan fingerprint density at radius 3 is 2.20 bits per heavy atom. The van der Waals surface area contributed by atoms with Gasteiger partial charge in [0.1, 0.15) is 0 Å². The Balaban J connectivity index is 2.74. The fourth-order valence-electron chi connectivity index (χ4n) is 3.00. The zero-order chi connectivity index (χ0) is 15.2. The molecule has 3 nitrogen and oxygen atoms in total. The molecule has 0 spiro atoms. The van der Waals surface area contributed by atoms with Gasteiger partial charge in [0.25, 0.3) is 0 Å². The van der Waals surface area contributed by atoms with Crippen LogP contribution in [0.5, 0.6) is 0 Å². The minimum atomic E-state index is -0.651. The summed E-state index contributed by atoms with van der Waals surface area (Å²) in [6.45, 7) is 4.89. The molecular formula is C15H28N2OS2. The van der Waals surface area contributed by atoms with E-state index in [-0.39, 0.29) is 10.7 Å². The lowest BCUT2D eigenvalue weighted by Gasteiger charge is -2.41. The standard InChI is InChI=1S/C15H28N2OS2/c1-4-7-15(8-5-2,12(16)19)13(18)17-11-14(20-3)9-6-10-14/h4-11H2,1-3H3,(H2,16,19)(H,17,18). The first-order valence-electron chi connectivity index (χ1n) is 7.59. The molecule has 0 heterocycles. The number of hydrogen-bond acceptors (Lipinski definition) is 3. The highest BCUT2D eigenvalue weighted by Crippen LogP contribution is 2.42. The van der Waals surface area contributed by atoms with Crippen molar-refractivity contribution < 1.29 is 4.79 Å². The third kappa shape index (κ3) is 3.67. The van der Waals surface area contributed by atoms with Crippen LogP contribution >= 0.6 is 24.0 Å². The largest absolute Gasteiger partial charge is 0.392 e. The van der Waals surface area contributed by atoms with Crippen LogP contribution in [0.2, 0.25) is 0 Å². The number of carbonyl (C=O) groups excluding carboxylic acids is 1. The highest BCUT2D eigenvalue weighted by atomic mass is 32.2. The molecule has 0 aromatic carbocycles. The zero-order valence-corrected chi connectivity index (χ0v) is 14.6. The van der Waals surface area contributed by atoms with Crippen LogP contribution in [0, 0.1) is 5.41 Å². The lowest BCUT2D eigenvalue weighted by molar-refractivity contribution is -0.128. The van der Waals surface area contributed by atoms with E-state index in [1.165, 1.54) is 19.3 Å². The van der Waals surface area contributed by atoms with Crippen LogP contribution in [-0.4, -0.2) is 28.4 Å². The molecule has 116 valence electrons. The zero-order valence-electron chi connectivity index (χ0n) is 13.0. The molecular weight excluding hydrogens is 288 g/mol. The molecule has 3 N–H and O–H groups in total. The van der Waals surface area contributed by atoms with Crippen molar-refractivity contribution in [2.75, 3.05) is 12.8 Å². The number of carbonyl (C=O) groups is 1. The Bertz CT molecular complexity index is 342. The van der Waals surface area contributed by atoms with Crippen LogP contribution in [0.25, 0.3) is 0 Å². The first kappa shape index (κ1) is 17.8. The van der Waals surface area contributed by atoms with E-state index in [1.54, 1.807) is 0 Å². The molecule has 1 aliphatic carbocycles. The maximum absolute atomic E-state index is 12.7. The molecule has 0 atom stereocenters. The average molecular weight is 317 g/mol. The van der Waals surface area contributed by atoms with Gasteiger partial charge in [-0.25, -0.2) is 0 Å². The van der Waals surface area contributed by atoms with Crippen molar-refractivity contribution >= 4 is 34.9 Å². The quantitative estimate of drug-likeness (QED) is 0.641. The van der Waals surface area contributed by atoms with Gasteiger partial charge >= 0.3 is 0 Å². The molecule has 1 fully saturated rings. The van der Waals surface area contributed by atoms with E-state index in [1.807, 2.05) is 11.8 Å². The van der Waals surface area contributed by atoms with Crippen molar-refractivity contribution in [2.45, 2.75) is 63.5 Å². The van der Waals surface area contributed by atoms with E-state index >= 15 is 0 Å². The van der Waals surface area contributed by atoms with Crippen LogP contribution in [0.3, 0.4) is 0 Å². The molecule has 0 bridgehead atoms. The topological polar surface area (TPSA) is 55.1 Å². The lowest BCUT2D eigenvalue weighted by atomic mass is 9.77. The predicted molar refractivity (Wildman–Crippen MR) is 92.1 cm³/mol. The molecule has 0 saturated heterocycles. The van der Waals surface area contributed by atoms with E-state index in [4.69, 9.17) is 18.0 Å². The highest BCUT2D eigenvalue weighted by molar-refractivity contribution is 8.00. The summed E-state index contributed by atoms with van der Waals surface area (Å²) < 4.78 is 0.246. The van der Waals surface area contributed by atoms with Crippen LogP contribution in [0.15, 0.2) is 0 Å². The first-order valence-corrected chi connectivity index (χ1v) is 9.23. The number of amides is 1. The second-order valence-electron chi connectivity index (χ2n) is 5.87. The Morgan fingerprint density at radius 2 is 1.90 bits per heavy atom. The molecule has 1 amide bonds. The number of thiocarbonyl (C=S) groups is 1. The van der Waals surface area contributed by atoms with Gasteiger partial charge in [-0.15, -0.1) is 0 Å². The van der Waals surface area contributed by atoms with Crippen LogP contribution in [0.4, 0.5) is 0 Å². The van der Waals surface area contributed by atoms with E-state index in [0.29, 0.717) is 4.99 Å². The van der Waals surface area contributed by atoms with E-state index in [9.17, 15) is 4.79 Å². The molecule has 0 radical (unpaired) electrons. The smallest absolute Gasteiger partial charge is 0.233 e. The van der Waals surface area contributed by atoms with Gasteiger partial charge in [-0.1, -0.05) is 45.3 Å². The monoisotopic (exact) mass is 316 g/mol. The number of hydrogen-bond donors (Lipinski definition) is 2. The van der Waals surface area contributed by atoms with Gasteiger partial charge in [0.2, 0.25) is 5.91 Å². The van der Waals surface area contributed by atoms with Gasteiger partial charge in [0.05, 0.1) is 10.4 Å². The molecule has 1 aliphatic rings. The SMILES string of the molecule is CCCC(CCC)(C(=O)NCC1(SC)CCC1)C(N)=S.